The minimum atomic E-state index is -0.426. The second kappa shape index (κ2) is 7.09. The van der Waals surface area contributed by atoms with Crippen molar-refractivity contribution in [1.82, 2.24) is 15.2 Å². The summed E-state index contributed by atoms with van der Waals surface area (Å²) in [6, 6.07) is 4.58. The molecule has 0 unspecified atom stereocenters. The molecule has 0 bridgehead atoms. The standard InChI is InChI=1S/C17H27N3O2/c1-13-5-6-14(11-18-13)12-19-15-7-9-20(10-8-15)16(21)22-17(2,3)4/h5-6,11,15,19H,7-10,12H2,1-4H3. The van der Waals surface area contributed by atoms with Gasteiger partial charge in [-0.25, -0.2) is 4.79 Å². The fraction of sp³-hybridized carbons (Fsp3) is 0.647. The highest BCUT2D eigenvalue weighted by atomic mass is 16.6. The quantitative estimate of drug-likeness (QED) is 0.933. The number of likely N-dealkylation sites (tertiary alicyclic amines) is 1. The Labute approximate surface area is 133 Å². The van der Waals surface area contributed by atoms with E-state index in [2.05, 4.69) is 16.4 Å². The number of aromatic nitrogens is 1. The predicted molar refractivity (Wildman–Crippen MR) is 86.6 cm³/mol. The number of aryl methyl sites for hydroxylation is 1. The number of carbonyl (C=O) groups excluding carboxylic acids is 1. The second-order valence-electron chi connectivity index (χ2n) is 6.93. The lowest BCUT2D eigenvalue weighted by Gasteiger charge is -2.33. The summed E-state index contributed by atoms with van der Waals surface area (Å²) in [5.41, 5.74) is 1.81. The van der Waals surface area contributed by atoms with E-state index in [0.29, 0.717) is 6.04 Å². The molecule has 1 amide bonds. The molecule has 1 aromatic rings. The molecule has 0 spiro atoms. The molecule has 0 aliphatic carbocycles. The monoisotopic (exact) mass is 305 g/mol. The summed E-state index contributed by atoms with van der Waals surface area (Å²) in [4.78, 5) is 18.1. The summed E-state index contributed by atoms with van der Waals surface area (Å²) in [6.07, 6.45) is 3.63. The Hall–Kier alpha value is -1.62. The highest BCUT2D eigenvalue weighted by Gasteiger charge is 2.26. The molecule has 2 rings (SSSR count). The average Bonchev–Trinajstić information content (AvgIpc) is 2.45. The topological polar surface area (TPSA) is 54.5 Å². The molecular weight excluding hydrogens is 278 g/mol. The van der Waals surface area contributed by atoms with Crippen molar-refractivity contribution in [3.05, 3.63) is 29.6 Å². The molecule has 0 saturated carbocycles. The van der Waals surface area contributed by atoms with Gasteiger partial charge in [-0.3, -0.25) is 4.98 Å². The number of ether oxygens (including phenoxy) is 1. The molecule has 1 aromatic heterocycles. The van der Waals surface area contributed by atoms with Gasteiger partial charge in [0.25, 0.3) is 0 Å². The number of amides is 1. The summed E-state index contributed by atoms with van der Waals surface area (Å²) in [7, 11) is 0. The van der Waals surface area contributed by atoms with Crippen LogP contribution in [0.4, 0.5) is 4.79 Å². The number of hydrogen-bond donors (Lipinski definition) is 1. The molecule has 1 saturated heterocycles. The molecular formula is C17H27N3O2. The van der Waals surface area contributed by atoms with Crippen molar-refractivity contribution >= 4 is 6.09 Å². The van der Waals surface area contributed by atoms with Crippen molar-refractivity contribution in [1.29, 1.82) is 0 Å². The number of piperidine rings is 1. The van der Waals surface area contributed by atoms with Gasteiger partial charge in [0.2, 0.25) is 0 Å². The first-order valence-electron chi connectivity index (χ1n) is 7.96. The van der Waals surface area contributed by atoms with Crippen LogP contribution in [0.15, 0.2) is 18.3 Å². The molecule has 1 fully saturated rings. The first-order valence-corrected chi connectivity index (χ1v) is 7.96. The first-order chi connectivity index (χ1) is 10.3. The third-order valence-corrected chi connectivity index (χ3v) is 3.71. The van der Waals surface area contributed by atoms with Gasteiger partial charge in [-0.05, 0) is 52.2 Å². The smallest absolute Gasteiger partial charge is 0.410 e. The van der Waals surface area contributed by atoms with E-state index in [1.54, 1.807) is 4.90 Å². The summed E-state index contributed by atoms with van der Waals surface area (Å²) >= 11 is 0. The van der Waals surface area contributed by atoms with Gasteiger partial charge in [0.15, 0.2) is 0 Å². The van der Waals surface area contributed by atoms with E-state index in [1.807, 2.05) is 40.0 Å². The Morgan fingerprint density at radius 3 is 2.59 bits per heavy atom. The number of carbonyl (C=O) groups is 1. The molecule has 2 heterocycles. The van der Waals surface area contributed by atoms with Crippen LogP contribution in [0.5, 0.6) is 0 Å². The molecule has 0 aromatic carbocycles. The number of pyridine rings is 1. The van der Waals surface area contributed by atoms with Crippen LogP contribution < -0.4 is 5.32 Å². The van der Waals surface area contributed by atoms with Crippen LogP contribution in [0.2, 0.25) is 0 Å². The van der Waals surface area contributed by atoms with Gasteiger partial charge in [0.1, 0.15) is 5.60 Å². The molecule has 5 nitrogen and oxygen atoms in total. The summed E-state index contributed by atoms with van der Waals surface area (Å²) in [6.45, 7) is 10.0. The zero-order chi connectivity index (χ0) is 16.2. The highest BCUT2D eigenvalue weighted by Crippen LogP contribution is 2.15. The molecule has 122 valence electrons. The highest BCUT2D eigenvalue weighted by molar-refractivity contribution is 5.68. The van der Waals surface area contributed by atoms with Crippen LogP contribution in [0.25, 0.3) is 0 Å². The largest absolute Gasteiger partial charge is 0.444 e. The van der Waals surface area contributed by atoms with Crippen molar-refractivity contribution < 1.29 is 9.53 Å². The maximum atomic E-state index is 12.0. The van der Waals surface area contributed by atoms with E-state index in [9.17, 15) is 4.79 Å². The maximum absolute atomic E-state index is 12.0. The Morgan fingerprint density at radius 2 is 2.05 bits per heavy atom. The Balaban J connectivity index is 1.73. The normalized spacial score (nSPS) is 16.6. The van der Waals surface area contributed by atoms with E-state index in [-0.39, 0.29) is 6.09 Å². The first kappa shape index (κ1) is 16.7. The SMILES string of the molecule is Cc1ccc(CNC2CCN(C(=O)OC(C)(C)C)CC2)cn1. The molecule has 22 heavy (non-hydrogen) atoms. The molecule has 0 radical (unpaired) electrons. The van der Waals surface area contributed by atoms with Gasteiger partial charge in [0, 0.05) is 37.6 Å². The van der Waals surface area contributed by atoms with Gasteiger partial charge >= 0.3 is 6.09 Å². The van der Waals surface area contributed by atoms with Crippen LogP contribution >= 0.6 is 0 Å². The summed E-state index contributed by atoms with van der Waals surface area (Å²) < 4.78 is 5.41. The summed E-state index contributed by atoms with van der Waals surface area (Å²) in [5.74, 6) is 0. The van der Waals surface area contributed by atoms with Crippen LogP contribution in [-0.2, 0) is 11.3 Å². The fourth-order valence-corrected chi connectivity index (χ4v) is 2.46. The Bertz CT molecular complexity index is 486. The zero-order valence-electron chi connectivity index (χ0n) is 14.1. The Kier molecular flexibility index (Phi) is 5.40. The third kappa shape index (κ3) is 5.30. The maximum Gasteiger partial charge on any atom is 0.410 e. The van der Waals surface area contributed by atoms with E-state index in [0.717, 1.165) is 38.2 Å². The van der Waals surface area contributed by atoms with Crippen molar-refractivity contribution in [3.8, 4) is 0 Å². The van der Waals surface area contributed by atoms with Gasteiger partial charge in [-0.1, -0.05) is 6.07 Å². The van der Waals surface area contributed by atoms with Crippen molar-refractivity contribution in [2.24, 2.45) is 0 Å². The molecule has 0 atom stereocenters. The molecule has 1 aliphatic rings. The minimum absolute atomic E-state index is 0.200. The van der Waals surface area contributed by atoms with Crippen molar-refractivity contribution in [2.75, 3.05) is 13.1 Å². The predicted octanol–water partition coefficient (Wildman–Crippen LogP) is 2.88. The van der Waals surface area contributed by atoms with Gasteiger partial charge in [-0.2, -0.15) is 0 Å². The lowest BCUT2D eigenvalue weighted by molar-refractivity contribution is 0.0198. The van der Waals surface area contributed by atoms with E-state index in [4.69, 9.17) is 4.74 Å². The van der Waals surface area contributed by atoms with Crippen molar-refractivity contribution in [3.63, 3.8) is 0 Å². The Morgan fingerprint density at radius 1 is 1.36 bits per heavy atom. The lowest BCUT2D eigenvalue weighted by atomic mass is 10.1. The molecule has 1 aliphatic heterocycles. The number of rotatable bonds is 3. The molecule has 1 N–H and O–H groups in total. The van der Waals surface area contributed by atoms with Crippen LogP contribution in [0, 0.1) is 6.92 Å². The van der Waals surface area contributed by atoms with Crippen LogP contribution in [0.1, 0.15) is 44.9 Å². The van der Waals surface area contributed by atoms with Gasteiger partial charge in [0.05, 0.1) is 0 Å². The van der Waals surface area contributed by atoms with E-state index >= 15 is 0 Å². The second-order valence-corrected chi connectivity index (χ2v) is 6.93. The van der Waals surface area contributed by atoms with E-state index < -0.39 is 5.60 Å². The van der Waals surface area contributed by atoms with Gasteiger partial charge in [-0.15, -0.1) is 0 Å². The van der Waals surface area contributed by atoms with Crippen molar-refractivity contribution in [2.45, 2.75) is 58.7 Å². The van der Waals surface area contributed by atoms with Crippen LogP contribution in [0.3, 0.4) is 0 Å². The zero-order valence-corrected chi connectivity index (χ0v) is 14.1. The average molecular weight is 305 g/mol. The van der Waals surface area contributed by atoms with E-state index in [1.165, 1.54) is 5.56 Å². The van der Waals surface area contributed by atoms with Gasteiger partial charge < -0.3 is 15.0 Å². The lowest BCUT2D eigenvalue weighted by Crippen LogP contribution is -2.46. The third-order valence-electron chi connectivity index (χ3n) is 3.71. The van der Waals surface area contributed by atoms with Crippen LogP contribution in [-0.4, -0.2) is 40.7 Å². The summed E-state index contributed by atoms with van der Waals surface area (Å²) in [5, 5.41) is 3.55. The fourth-order valence-electron chi connectivity index (χ4n) is 2.46. The number of nitrogens with zero attached hydrogens (tertiary/aromatic N) is 2. The number of hydrogen-bond acceptors (Lipinski definition) is 4. The molecule has 5 heteroatoms. The number of nitrogens with one attached hydrogen (secondary N) is 1. The minimum Gasteiger partial charge on any atom is -0.444 e.